The molecule has 13 heteroatoms. The van der Waals surface area contributed by atoms with Gasteiger partial charge in [0.2, 0.25) is 15.9 Å². The van der Waals surface area contributed by atoms with Gasteiger partial charge in [-0.25, -0.2) is 17.1 Å². The number of carbonyl (C=O) groups is 1. The highest BCUT2D eigenvalue weighted by Crippen LogP contribution is 2.46. The molecule has 2 aliphatic rings. The number of rotatable bonds is 15. The normalized spacial score (nSPS) is 26.2. The Labute approximate surface area is 292 Å². The summed E-state index contributed by atoms with van der Waals surface area (Å²) in [6.07, 6.45) is -2.68. The summed E-state index contributed by atoms with van der Waals surface area (Å²) < 4.78 is 43.8. The van der Waals surface area contributed by atoms with Crippen LogP contribution in [-0.2, 0) is 32.4 Å². The average molecular weight is 715 g/mol. The fourth-order valence-corrected chi connectivity index (χ4v) is 7.25. The number of halogens is 1. The Morgan fingerprint density at radius 3 is 2.08 bits per heavy atom. The van der Waals surface area contributed by atoms with Crippen LogP contribution in [0, 0.1) is 11.7 Å². The minimum atomic E-state index is -3.25. The van der Waals surface area contributed by atoms with E-state index >= 15 is 0 Å². The lowest BCUT2D eigenvalue weighted by Gasteiger charge is -2.48. The van der Waals surface area contributed by atoms with Crippen LogP contribution in [0.4, 0.5) is 10.1 Å². The molecule has 2 unspecified atom stereocenters. The molecule has 0 radical (unpaired) electrons. The van der Waals surface area contributed by atoms with Gasteiger partial charge in [-0.1, -0.05) is 48.5 Å². The van der Waals surface area contributed by atoms with Gasteiger partial charge in [0.25, 0.3) is 0 Å². The van der Waals surface area contributed by atoms with Crippen molar-refractivity contribution in [1.82, 2.24) is 4.31 Å². The van der Waals surface area contributed by atoms with Crippen LogP contribution in [0.2, 0.25) is 0 Å². The number of aryl methyl sites for hydroxylation is 2. The van der Waals surface area contributed by atoms with E-state index in [9.17, 15) is 43.1 Å². The molecule has 3 aromatic rings. The van der Waals surface area contributed by atoms with Crippen LogP contribution in [0.3, 0.4) is 0 Å². The van der Waals surface area contributed by atoms with E-state index in [1.54, 1.807) is 11.9 Å². The van der Waals surface area contributed by atoms with Crippen LogP contribution < -0.4 is 4.90 Å². The van der Waals surface area contributed by atoms with Crippen molar-refractivity contribution in [2.24, 2.45) is 5.92 Å². The number of β-lactam (4-membered cyclic amide) rings is 1. The number of benzene rings is 3. The number of ether oxygens (including phenoxy) is 1. The second-order valence-electron chi connectivity index (χ2n) is 13.4. The second kappa shape index (κ2) is 16.4. The van der Waals surface area contributed by atoms with Gasteiger partial charge in [-0.15, -0.1) is 0 Å². The molecule has 3 aromatic carbocycles. The predicted octanol–water partition coefficient (Wildman–Crippen LogP) is 2.64. The lowest BCUT2D eigenvalue weighted by atomic mass is 9.78. The van der Waals surface area contributed by atoms with Gasteiger partial charge in [0.05, 0.1) is 37.0 Å². The van der Waals surface area contributed by atoms with E-state index in [2.05, 4.69) is 0 Å². The maximum atomic E-state index is 13.7. The van der Waals surface area contributed by atoms with Gasteiger partial charge in [-0.3, -0.25) is 4.79 Å². The van der Waals surface area contributed by atoms with Crippen molar-refractivity contribution in [3.05, 3.63) is 101 Å². The number of hydrogen-bond donors (Lipinski definition) is 5. The summed E-state index contributed by atoms with van der Waals surface area (Å²) in [4.78, 5) is 15.4. The van der Waals surface area contributed by atoms with E-state index in [1.165, 1.54) is 34.8 Å². The summed E-state index contributed by atoms with van der Waals surface area (Å²) in [5.41, 5.74) is 4.14. The SMILES string of the molecule is CN(CCCc1ccc(N2C(=O)C(CC[C@H](O)c3ccc(F)cc3)[C@H]2c2ccc(CCC3O[C@H](CO)[C@@H](O)[C@H](O)[C@H]3O)cc2)cc1)S(C)(=O)=O. The van der Waals surface area contributed by atoms with Crippen molar-refractivity contribution < 1.29 is 47.9 Å². The Hall–Kier alpha value is -3.27. The maximum absolute atomic E-state index is 13.7. The minimum Gasteiger partial charge on any atom is -0.394 e. The lowest BCUT2D eigenvalue weighted by molar-refractivity contribution is -0.230. The van der Waals surface area contributed by atoms with E-state index in [0.717, 1.165) is 22.4 Å². The molecule has 2 heterocycles. The van der Waals surface area contributed by atoms with Gasteiger partial charge >= 0.3 is 0 Å². The summed E-state index contributed by atoms with van der Waals surface area (Å²) >= 11 is 0. The van der Waals surface area contributed by atoms with Crippen LogP contribution in [0.25, 0.3) is 0 Å². The summed E-state index contributed by atoms with van der Waals surface area (Å²) in [7, 11) is -1.69. The molecule has 2 saturated heterocycles. The fourth-order valence-electron chi connectivity index (χ4n) is 6.79. The number of sulfonamides is 1. The first-order chi connectivity index (χ1) is 23.8. The topological polar surface area (TPSA) is 168 Å². The average Bonchev–Trinajstić information content (AvgIpc) is 3.10. The first-order valence-corrected chi connectivity index (χ1v) is 18.8. The zero-order chi connectivity index (χ0) is 36.2. The van der Waals surface area contributed by atoms with Gasteiger partial charge in [-0.2, -0.15) is 0 Å². The van der Waals surface area contributed by atoms with Crippen molar-refractivity contribution in [3.8, 4) is 0 Å². The van der Waals surface area contributed by atoms with Crippen molar-refractivity contribution in [3.63, 3.8) is 0 Å². The Kier molecular flexibility index (Phi) is 12.4. The van der Waals surface area contributed by atoms with Crippen LogP contribution in [0.1, 0.15) is 60.1 Å². The first-order valence-electron chi connectivity index (χ1n) is 16.9. The molecule has 0 bridgehead atoms. The van der Waals surface area contributed by atoms with E-state index in [-0.39, 0.29) is 11.9 Å². The second-order valence-corrected chi connectivity index (χ2v) is 15.5. The number of anilines is 1. The first kappa shape index (κ1) is 38.0. The molecule has 0 spiro atoms. The monoisotopic (exact) mass is 714 g/mol. The molecule has 0 saturated carbocycles. The van der Waals surface area contributed by atoms with E-state index in [0.29, 0.717) is 50.6 Å². The zero-order valence-electron chi connectivity index (χ0n) is 28.3. The molecule has 50 heavy (non-hydrogen) atoms. The molecule has 0 aliphatic carbocycles. The largest absolute Gasteiger partial charge is 0.394 e. The molecule has 5 rings (SSSR count). The fraction of sp³-hybridized carbons (Fsp3) is 0.486. The van der Waals surface area contributed by atoms with Gasteiger partial charge in [-0.05, 0) is 85.0 Å². The number of hydrogen-bond acceptors (Lipinski definition) is 9. The Balaban J connectivity index is 1.29. The number of nitrogens with zero attached hydrogens (tertiary/aromatic N) is 2. The summed E-state index contributed by atoms with van der Waals surface area (Å²) in [5.74, 6) is -0.874. The summed E-state index contributed by atoms with van der Waals surface area (Å²) in [5, 5.41) is 50.9. The standard InChI is InChI=1S/C37H47FN2O9S/c1-39(50(2,47)48)21-3-4-23-7-16-28(17-8-23)40-33(29(37(40)46)18-19-30(42)25-12-14-27(38)15-13-25)26-10-5-24(6-11-26)9-20-31-34(43)36(45)35(44)32(22-41)49-31/h5-8,10-17,29-36,41-45H,3-4,9,18-22H2,1-2H3/t29?,30-,31?,32+,33+,34-,35+,36+/m0/s1. The van der Waals surface area contributed by atoms with Crippen LogP contribution in [0.15, 0.2) is 72.8 Å². The minimum absolute atomic E-state index is 0.0736. The number of carbonyl (C=O) groups excluding carboxylic acids is 1. The molecule has 5 N–H and O–H groups in total. The van der Waals surface area contributed by atoms with Crippen molar-refractivity contribution >= 4 is 21.6 Å². The molecule has 0 aromatic heterocycles. The third kappa shape index (κ3) is 8.78. The van der Waals surface area contributed by atoms with E-state index < -0.39 is 65.0 Å². The van der Waals surface area contributed by atoms with Crippen LogP contribution in [-0.4, -0.2) is 101 Å². The van der Waals surface area contributed by atoms with Crippen LogP contribution >= 0.6 is 0 Å². The number of aliphatic hydroxyl groups excluding tert-OH is 5. The maximum Gasteiger partial charge on any atom is 0.233 e. The molecule has 272 valence electrons. The molecule has 11 nitrogen and oxygen atoms in total. The van der Waals surface area contributed by atoms with E-state index in [1.807, 2.05) is 48.5 Å². The van der Waals surface area contributed by atoms with Crippen molar-refractivity contribution in [2.75, 3.05) is 31.4 Å². The molecule has 2 aliphatic heterocycles. The quantitative estimate of drug-likeness (QED) is 0.149. The van der Waals surface area contributed by atoms with E-state index in [4.69, 9.17) is 4.74 Å². The molecule has 8 atom stereocenters. The molecule has 2 fully saturated rings. The highest BCUT2D eigenvalue weighted by atomic mass is 32.2. The third-order valence-corrected chi connectivity index (χ3v) is 11.3. The summed E-state index contributed by atoms with van der Waals surface area (Å²) in [6.45, 7) is -0.0855. The Bertz CT molecular complexity index is 1670. The van der Waals surface area contributed by atoms with Crippen molar-refractivity contribution in [1.29, 1.82) is 0 Å². The highest BCUT2D eigenvalue weighted by molar-refractivity contribution is 7.88. The zero-order valence-corrected chi connectivity index (χ0v) is 29.1. The molecule has 1 amide bonds. The number of amides is 1. The smallest absolute Gasteiger partial charge is 0.233 e. The van der Waals surface area contributed by atoms with Gasteiger partial charge in [0.1, 0.15) is 30.2 Å². The Morgan fingerprint density at radius 2 is 1.46 bits per heavy atom. The Morgan fingerprint density at radius 1 is 0.860 bits per heavy atom. The number of aliphatic hydroxyl groups is 5. The summed E-state index contributed by atoms with van der Waals surface area (Å²) in [6, 6.07) is 20.8. The third-order valence-electron chi connectivity index (χ3n) is 9.97. The highest BCUT2D eigenvalue weighted by Gasteiger charge is 2.48. The predicted molar refractivity (Wildman–Crippen MR) is 185 cm³/mol. The van der Waals surface area contributed by atoms with Crippen molar-refractivity contribution in [2.45, 2.75) is 81.2 Å². The van der Waals surface area contributed by atoms with Gasteiger partial charge in [0, 0.05) is 19.3 Å². The molecular formula is C37H47FN2O9S. The van der Waals surface area contributed by atoms with Gasteiger partial charge < -0.3 is 35.2 Å². The lowest BCUT2D eigenvalue weighted by Crippen LogP contribution is -2.58. The van der Waals surface area contributed by atoms with Gasteiger partial charge in [0.15, 0.2) is 0 Å². The molecular weight excluding hydrogens is 667 g/mol. The van der Waals surface area contributed by atoms with Crippen LogP contribution in [0.5, 0.6) is 0 Å².